The molecule has 1 saturated heterocycles. The second-order valence-corrected chi connectivity index (χ2v) is 10.6. The SMILES string of the molecule is NC(=NCCC1CCCO1)c1c(Nc2ccc(C(=O)n3ccc4c5cc(C(F)(F)F)ccc5ncc43)cn2)s[nH]c1=O. The van der Waals surface area contributed by atoms with Crippen molar-refractivity contribution in [2.24, 2.45) is 10.7 Å². The Hall–Kier alpha value is -4.56. The largest absolute Gasteiger partial charge is 0.416 e. The van der Waals surface area contributed by atoms with E-state index in [9.17, 15) is 22.8 Å². The van der Waals surface area contributed by atoms with Crippen molar-refractivity contribution >= 4 is 55.9 Å². The summed E-state index contributed by atoms with van der Waals surface area (Å²) in [4.78, 5) is 38.6. The molecular formula is C28H24F3N7O3S. The van der Waals surface area contributed by atoms with E-state index in [4.69, 9.17) is 10.5 Å². The third-order valence-corrected chi connectivity index (χ3v) is 7.85. The molecular weight excluding hydrogens is 571 g/mol. The Morgan fingerprint density at radius 3 is 2.79 bits per heavy atom. The van der Waals surface area contributed by atoms with Gasteiger partial charge in [0.2, 0.25) is 0 Å². The lowest BCUT2D eigenvalue weighted by Gasteiger charge is -2.09. The molecule has 4 N–H and O–H groups in total. The van der Waals surface area contributed by atoms with Crippen LogP contribution in [0, 0.1) is 0 Å². The number of fused-ring (bicyclic) bond motifs is 3. The normalized spacial score (nSPS) is 16.0. The van der Waals surface area contributed by atoms with Crippen molar-refractivity contribution in [2.75, 3.05) is 18.5 Å². The molecule has 14 heteroatoms. The van der Waals surface area contributed by atoms with Crippen LogP contribution in [0.4, 0.5) is 24.0 Å². The summed E-state index contributed by atoms with van der Waals surface area (Å²) in [6, 6.07) is 8.03. The zero-order chi connectivity index (χ0) is 29.4. The van der Waals surface area contributed by atoms with Crippen molar-refractivity contribution in [1.29, 1.82) is 0 Å². The zero-order valence-electron chi connectivity index (χ0n) is 21.9. The summed E-state index contributed by atoms with van der Waals surface area (Å²) in [6.07, 6.45) is 2.70. The van der Waals surface area contributed by atoms with Crippen LogP contribution in [-0.2, 0) is 10.9 Å². The van der Waals surface area contributed by atoms with Crippen LogP contribution in [0.25, 0.3) is 21.8 Å². The average molecular weight is 596 g/mol. The average Bonchev–Trinajstić information content (AvgIpc) is 3.73. The molecule has 0 aliphatic carbocycles. The number of anilines is 2. The van der Waals surface area contributed by atoms with E-state index in [1.165, 1.54) is 29.2 Å². The second-order valence-electron chi connectivity index (χ2n) is 9.76. The van der Waals surface area contributed by atoms with Crippen molar-refractivity contribution < 1.29 is 22.7 Å². The van der Waals surface area contributed by atoms with Crippen LogP contribution in [0.3, 0.4) is 0 Å². The van der Waals surface area contributed by atoms with Crippen molar-refractivity contribution in [2.45, 2.75) is 31.5 Å². The predicted octanol–water partition coefficient (Wildman–Crippen LogP) is 5.06. The van der Waals surface area contributed by atoms with E-state index in [0.717, 1.165) is 49.5 Å². The number of aromatic nitrogens is 4. The van der Waals surface area contributed by atoms with Crippen LogP contribution < -0.4 is 16.6 Å². The molecule has 10 nitrogen and oxygen atoms in total. The van der Waals surface area contributed by atoms with Gasteiger partial charge in [-0.15, -0.1) is 0 Å². The molecule has 1 atom stereocenters. The molecule has 1 aliphatic rings. The first kappa shape index (κ1) is 27.6. The van der Waals surface area contributed by atoms with Gasteiger partial charge in [0.25, 0.3) is 11.5 Å². The number of nitrogens with one attached hydrogen (secondary N) is 2. The highest BCUT2D eigenvalue weighted by Crippen LogP contribution is 2.33. The molecule has 5 aromatic rings. The van der Waals surface area contributed by atoms with Crippen molar-refractivity contribution in [3.8, 4) is 0 Å². The maximum Gasteiger partial charge on any atom is 0.416 e. The van der Waals surface area contributed by atoms with Crippen molar-refractivity contribution in [3.05, 3.63) is 82.0 Å². The number of aliphatic imine (C=N–C) groups is 1. The highest BCUT2D eigenvalue weighted by Gasteiger charge is 2.31. The highest BCUT2D eigenvalue weighted by atomic mass is 32.1. The van der Waals surface area contributed by atoms with Gasteiger partial charge in [-0.2, -0.15) is 13.2 Å². The Morgan fingerprint density at radius 2 is 2.05 bits per heavy atom. The Morgan fingerprint density at radius 1 is 1.19 bits per heavy atom. The van der Waals surface area contributed by atoms with Gasteiger partial charge in [0.1, 0.15) is 22.2 Å². The van der Waals surface area contributed by atoms with Crippen molar-refractivity contribution in [1.82, 2.24) is 18.9 Å². The van der Waals surface area contributed by atoms with Gasteiger partial charge in [0.05, 0.1) is 34.5 Å². The summed E-state index contributed by atoms with van der Waals surface area (Å²) >= 11 is 1.05. The molecule has 6 rings (SSSR count). The fourth-order valence-electron chi connectivity index (χ4n) is 4.91. The van der Waals surface area contributed by atoms with Crippen LogP contribution in [0.2, 0.25) is 0 Å². The van der Waals surface area contributed by atoms with Crippen LogP contribution >= 0.6 is 11.5 Å². The number of carbonyl (C=O) groups is 1. The number of hydrogen-bond acceptors (Lipinski definition) is 8. The number of nitrogens with zero attached hydrogens (tertiary/aromatic N) is 4. The van der Waals surface area contributed by atoms with Gasteiger partial charge in [-0.1, -0.05) is 0 Å². The van der Waals surface area contributed by atoms with Crippen LogP contribution in [0.1, 0.15) is 40.7 Å². The maximum absolute atomic E-state index is 13.3. The monoisotopic (exact) mass is 595 g/mol. The minimum atomic E-state index is -4.50. The van der Waals surface area contributed by atoms with E-state index in [-0.39, 0.29) is 28.6 Å². The number of halogens is 3. The van der Waals surface area contributed by atoms with Gasteiger partial charge >= 0.3 is 6.18 Å². The number of nitrogens with two attached hydrogens (primary N) is 1. The predicted molar refractivity (Wildman–Crippen MR) is 154 cm³/mol. The fraction of sp³-hybridized carbons (Fsp3) is 0.250. The van der Waals surface area contributed by atoms with Gasteiger partial charge in [0.15, 0.2) is 0 Å². The molecule has 216 valence electrons. The van der Waals surface area contributed by atoms with Crippen molar-refractivity contribution in [3.63, 3.8) is 0 Å². The molecule has 42 heavy (non-hydrogen) atoms. The molecule has 0 radical (unpaired) electrons. The quantitative estimate of drug-likeness (QED) is 0.177. The number of hydrogen-bond donors (Lipinski definition) is 3. The number of aromatic amines is 1. The van der Waals surface area contributed by atoms with E-state index in [1.54, 1.807) is 18.2 Å². The van der Waals surface area contributed by atoms with Crippen LogP contribution in [0.15, 0.2) is 64.8 Å². The molecule has 1 fully saturated rings. The number of ether oxygens (including phenoxy) is 1. The van der Waals surface area contributed by atoms with Gasteiger partial charge in [-0.3, -0.25) is 28.5 Å². The first-order chi connectivity index (χ1) is 20.2. The van der Waals surface area contributed by atoms with Crippen LogP contribution in [-0.4, -0.2) is 49.9 Å². The first-order valence-corrected chi connectivity index (χ1v) is 13.9. The molecule has 1 unspecified atom stereocenters. The number of carbonyl (C=O) groups excluding carboxylic acids is 1. The third-order valence-electron chi connectivity index (χ3n) is 7.05. The lowest BCUT2D eigenvalue weighted by atomic mass is 10.1. The van der Waals surface area contributed by atoms with Gasteiger partial charge < -0.3 is 15.8 Å². The zero-order valence-corrected chi connectivity index (χ0v) is 22.8. The number of H-pyrrole nitrogens is 1. The summed E-state index contributed by atoms with van der Waals surface area (Å²) in [5, 5.41) is 4.23. The van der Waals surface area contributed by atoms with E-state index in [2.05, 4.69) is 24.7 Å². The minimum absolute atomic E-state index is 0.104. The molecule has 0 saturated carbocycles. The Bertz CT molecular complexity index is 1870. The van der Waals surface area contributed by atoms with Gasteiger partial charge in [-0.25, -0.2) is 4.98 Å². The topological polar surface area (TPSA) is 140 Å². The maximum atomic E-state index is 13.3. The van der Waals surface area contributed by atoms with E-state index in [0.29, 0.717) is 39.2 Å². The molecule has 1 aromatic carbocycles. The molecule has 0 bridgehead atoms. The molecule has 4 aromatic heterocycles. The summed E-state index contributed by atoms with van der Waals surface area (Å²) in [5.41, 5.74) is 6.16. The Labute approximate surface area is 240 Å². The third kappa shape index (κ3) is 5.37. The summed E-state index contributed by atoms with van der Waals surface area (Å²) in [6.45, 7) is 1.19. The summed E-state index contributed by atoms with van der Waals surface area (Å²) < 4.78 is 49.4. The molecule has 0 amide bonds. The molecule has 1 aliphatic heterocycles. The molecule has 0 spiro atoms. The fourth-order valence-corrected chi connectivity index (χ4v) is 5.66. The minimum Gasteiger partial charge on any atom is -0.383 e. The molecule has 5 heterocycles. The van der Waals surface area contributed by atoms with E-state index < -0.39 is 17.6 Å². The number of benzene rings is 1. The lowest BCUT2D eigenvalue weighted by molar-refractivity contribution is -0.137. The van der Waals surface area contributed by atoms with Gasteiger partial charge in [-0.05, 0) is 67.2 Å². The summed E-state index contributed by atoms with van der Waals surface area (Å²) in [7, 11) is 0. The van der Waals surface area contributed by atoms with Crippen LogP contribution in [0.5, 0.6) is 0 Å². The highest BCUT2D eigenvalue weighted by molar-refractivity contribution is 7.10. The number of pyridine rings is 2. The Kier molecular flexibility index (Phi) is 7.24. The number of alkyl halides is 3. The van der Waals surface area contributed by atoms with Gasteiger partial charge in [0, 0.05) is 36.3 Å². The Balaban J connectivity index is 1.21. The summed E-state index contributed by atoms with van der Waals surface area (Å²) in [5.74, 6) is 0.0273. The second kappa shape index (κ2) is 11.0. The number of amidine groups is 1. The van der Waals surface area contributed by atoms with E-state index >= 15 is 0 Å². The standard InChI is InChI=1S/C28H24F3N7O3S/c29-28(30,31)16-4-5-20-19(12-16)18-8-10-38(21(18)14-34-20)27(40)15-3-6-22(35-13-15)36-26-23(25(39)37-42-26)24(32)33-9-7-17-2-1-11-41-17/h3-6,8,10,12-14,17H,1-2,7,9,11H2,(H2,32,33)(H,35,36)(H,37,39). The van der Waals surface area contributed by atoms with E-state index in [1.807, 2.05) is 0 Å². The lowest BCUT2D eigenvalue weighted by Crippen LogP contribution is -2.23. The smallest absolute Gasteiger partial charge is 0.383 e. The number of rotatable bonds is 7. The first-order valence-electron chi connectivity index (χ1n) is 13.1.